The molecule has 5 nitrogen and oxygen atoms in total. The summed E-state index contributed by atoms with van der Waals surface area (Å²) in [4.78, 5) is 15.3. The number of halogens is 1. The topological polar surface area (TPSA) is 46.0 Å². The normalized spacial score (nSPS) is 11.9. The number of rotatable bonds is 8. The fourth-order valence-electron chi connectivity index (χ4n) is 2.61. The monoisotopic (exact) mass is 360 g/mol. The van der Waals surface area contributed by atoms with Crippen molar-refractivity contribution in [2.75, 3.05) is 46.2 Å². The Hall–Kier alpha value is -2.60. The summed E-state index contributed by atoms with van der Waals surface area (Å²) in [6.07, 6.45) is 0. The summed E-state index contributed by atoms with van der Waals surface area (Å²) in [6.45, 7) is 0.413. The molecule has 0 saturated carbocycles. The van der Waals surface area contributed by atoms with Gasteiger partial charge in [-0.3, -0.25) is 4.79 Å². The van der Waals surface area contributed by atoms with Gasteiger partial charge in [-0.15, -0.1) is 0 Å². The van der Waals surface area contributed by atoms with Crippen LogP contribution in [0.2, 0.25) is 0 Å². The van der Waals surface area contributed by atoms with Crippen molar-refractivity contribution in [1.29, 1.82) is 0 Å². The lowest BCUT2D eigenvalue weighted by Gasteiger charge is -2.23. The zero-order valence-corrected chi connectivity index (χ0v) is 15.8. The second kappa shape index (κ2) is 9.20. The standard InChI is InChI=1S/C20H26FN3O2/c1-23(2)17-9-5-15(6-10-17)19(24(3)4)13-22-20(25)14-26-18-11-7-16(21)8-12-18/h5-12,19H,13-14H2,1-4H3,(H,22,25)/p+1/t19-/m1/s1. The third kappa shape index (κ3) is 5.74. The molecule has 0 aromatic heterocycles. The number of carbonyl (C=O) groups excluding carboxylic acids is 1. The fourth-order valence-corrected chi connectivity index (χ4v) is 2.61. The number of hydrogen-bond acceptors (Lipinski definition) is 3. The predicted octanol–water partition coefficient (Wildman–Crippen LogP) is 1.27. The van der Waals surface area contributed by atoms with Crippen molar-refractivity contribution in [3.8, 4) is 5.75 Å². The van der Waals surface area contributed by atoms with E-state index in [1.54, 1.807) is 0 Å². The third-order valence-electron chi connectivity index (χ3n) is 4.20. The van der Waals surface area contributed by atoms with Crippen LogP contribution >= 0.6 is 0 Å². The molecule has 1 atom stereocenters. The molecule has 2 aromatic carbocycles. The van der Waals surface area contributed by atoms with E-state index in [4.69, 9.17) is 4.74 Å². The minimum absolute atomic E-state index is 0.0965. The van der Waals surface area contributed by atoms with Gasteiger partial charge in [0.25, 0.3) is 5.91 Å². The SMILES string of the molecule is CN(C)c1ccc([C@@H](CNC(=O)COc2ccc(F)cc2)[NH+](C)C)cc1. The first kappa shape index (κ1) is 19.7. The van der Waals surface area contributed by atoms with Gasteiger partial charge in [-0.25, -0.2) is 4.39 Å². The second-order valence-corrected chi connectivity index (χ2v) is 6.66. The number of likely N-dealkylation sites (N-methyl/N-ethyl adjacent to an activating group) is 1. The molecule has 2 rings (SSSR count). The highest BCUT2D eigenvalue weighted by Gasteiger charge is 2.19. The lowest BCUT2D eigenvalue weighted by Crippen LogP contribution is -3.07. The molecule has 0 fully saturated rings. The van der Waals surface area contributed by atoms with E-state index in [0.29, 0.717) is 12.3 Å². The Morgan fingerprint density at radius 3 is 2.27 bits per heavy atom. The van der Waals surface area contributed by atoms with E-state index in [9.17, 15) is 9.18 Å². The highest BCUT2D eigenvalue weighted by Crippen LogP contribution is 2.16. The van der Waals surface area contributed by atoms with Crippen LogP contribution in [0.5, 0.6) is 5.75 Å². The van der Waals surface area contributed by atoms with Gasteiger partial charge in [0.05, 0.1) is 20.6 Å². The molecule has 26 heavy (non-hydrogen) atoms. The van der Waals surface area contributed by atoms with Crippen molar-refractivity contribution in [1.82, 2.24) is 5.32 Å². The highest BCUT2D eigenvalue weighted by molar-refractivity contribution is 5.77. The molecule has 140 valence electrons. The predicted molar refractivity (Wildman–Crippen MR) is 101 cm³/mol. The van der Waals surface area contributed by atoms with Crippen LogP contribution in [0.15, 0.2) is 48.5 Å². The van der Waals surface area contributed by atoms with Crippen molar-refractivity contribution in [3.63, 3.8) is 0 Å². The zero-order valence-electron chi connectivity index (χ0n) is 15.8. The number of benzene rings is 2. The van der Waals surface area contributed by atoms with Crippen LogP contribution in [-0.2, 0) is 4.79 Å². The third-order valence-corrected chi connectivity index (χ3v) is 4.20. The molecule has 0 aliphatic heterocycles. The van der Waals surface area contributed by atoms with E-state index in [0.717, 1.165) is 11.3 Å². The molecule has 2 N–H and O–H groups in total. The fraction of sp³-hybridized carbons (Fsp3) is 0.350. The summed E-state index contributed by atoms with van der Waals surface area (Å²) >= 11 is 0. The average Bonchev–Trinajstić information content (AvgIpc) is 2.61. The number of amides is 1. The largest absolute Gasteiger partial charge is 0.484 e. The van der Waals surface area contributed by atoms with Crippen LogP contribution in [0.1, 0.15) is 11.6 Å². The summed E-state index contributed by atoms with van der Waals surface area (Å²) in [6, 6.07) is 14.1. The molecule has 0 unspecified atom stereocenters. The van der Waals surface area contributed by atoms with Crippen LogP contribution in [0.4, 0.5) is 10.1 Å². The van der Waals surface area contributed by atoms with Gasteiger partial charge in [0.1, 0.15) is 17.6 Å². The molecule has 0 saturated heterocycles. The van der Waals surface area contributed by atoms with E-state index < -0.39 is 0 Å². The summed E-state index contributed by atoms with van der Waals surface area (Å²) in [5.41, 5.74) is 2.30. The van der Waals surface area contributed by atoms with Gasteiger partial charge in [-0.2, -0.15) is 0 Å². The Labute approximate surface area is 154 Å². The first-order valence-corrected chi connectivity index (χ1v) is 8.59. The number of quaternary nitrogens is 1. The number of nitrogens with one attached hydrogen (secondary N) is 2. The van der Waals surface area contributed by atoms with Crippen molar-refractivity contribution < 1.29 is 18.8 Å². The molecular formula is C20H27FN3O2+. The van der Waals surface area contributed by atoms with Gasteiger partial charge in [0.2, 0.25) is 0 Å². The molecule has 0 heterocycles. The summed E-state index contributed by atoms with van der Waals surface area (Å²) < 4.78 is 18.2. The Bertz CT molecular complexity index is 700. The quantitative estimate of drug-likeness (QED) is 0.745. The van der Waals surface area contributed by atoms with Crippen LogP contribution in [0, 0.1) is 5.82 Å². The average molecular weight is 360 g/mol. The molecule has 6 heteroatoms. The van der Waals surface area contributed by atoms with Crippen molar-refractivity contribution in [2.24, 2.45) is 0 Å². The lowest BCUT2D eigenvalue weighted by molar-refractivity contribution is -0.890. The Morgan fingerprint density at radius 2 is 1.73 bits per heavy atom. The van der Waals surface area contributed by atoms with Gasteiger partial charge in [-0.1, -0.05) is 12.1 Å². The number of hydrogen-bond donors (Lipinski definition) is 2. The van der Waals surface area contributed by atoms with E-state index in [-0.39, 0.29) is 24.4 Å². The first-order chi connectivity index (χ1) is 12.4. The van der Waals surface area contributed by atoms with Gasteiger partial charge in [-0.05, 0) is 36.4 Å². The number of ether oxygens (including phenoxy) is 1. The smallest absolute Gasteiger partial charge is 0.258 e. The molecule has 0 spiro atoms. The van der Waals surface area contributed by atoms with E-state index in [2.05, 4.69) is 48.6 Å². The van der Waals surface area contributed by atoms with Crippen LogP contribution in [-0.4, -0.2) is 47.2 Å². The van der Waals surface area contributed by atoms with Crippen LogP contribution < -0.4 is 19.9 Å². The number of carbonyl (C=O) groups is 1. The Kier molecular flexibility index (Phi) is 6.97. The molecule has 0 aliphatic carbocycles. The van der Waals surface area contributed by atoms with Crippen molar-refractivity contribution >= 4 is 11.6 Å². The summed E-state index contributed by atoms with van der Waals surface area (Å²) in [5, 5.41) is 2.91. The minimum Gasteiger partial charge on any atom is -0.484 e. The molecule has 1 amide bonds. The maximum atomic E-state index is 12.9. The maximum absolute atomic E-state index is 12.9. The van der Waals surface area contributed by atoms with Gasteiger partial charge in [0.15, 0.2) is 6.61 Å². The molecule has 0 aliphatic rings. The first-order valence-electron chi connectivity index (χ1n) is 8.59. The van der Waals surface area contributed by atoms with Crippen LogP contribution in [0.25, 0.3) is 0 Å². The summed E-state index contributed by atoms with van der Waals surface area (Å²) in [7, 11) is 8.13. The maximum Gasteiger partial charge on any atom is 0.258 e. The second-order valence-electron chi connectivity index (χ2n) is 6.66. The molecule has 0 bridgehead atoms. The Morgan fingerprint density at radius 1 is 1.12 bits per heavy atom. The minimum atomic E-state index is -0.334. The number of anilines is 1. The zero-order chi connectivity index (χ0) is 19.1. The van der Waals surface area contributed by atoms with E-state index in [1.807, 2.05) is 14.1 Å². The highest BCUT2D eigenvalue weighted by atomic mass is 19.1. The van der Waals surface area contributed by atoms with Gasteiger partial charge in [0, 0.05) is 25.3 Å². The van der Waals surface area contributed by atoms with Gasteiger partial charge >= 0.3 is 0 Å². The van der Waals surface area contributed by atoms with E-state index in [1.165, 1.54) is 29.2 Å². The molecular weight excluding hydrogens is 333 g/mol. The van der Waals surface area contributed by atoms with Crippen LogP contribution in [0.3, 0.4) is 0 Å². The van der Waals surface area contributed by atoms with Crippen molar-refractivity contribution in [3.05, 3.63) is 59.9 Å². The van der Waals surface area contributed by atoms with E-state index >= 15 is 0 Å². The number of nitrogens with zero attached hydrogens (tertiary/aromatic N) is 1. The van der Waals surface area contributed by atoms with Gasteiger partial charge < -0.3 is 19.9 Å². The molecule has 0 radical (unpaired) electrons. The summed E-state index contributed by atoms with van der Waals surface area (Å²) in [5.74, 6) is -0.0695. The van der Waals surface area contributed by atoms with Crippen molar-refractivity contribution in [2.45, 2.75) is 6.04 Å². The molecule has 2 aromatic rings. The Balaban J connectivity index is 1.89. The lowest BCUT2D eigenvalue weighted by atomic mass is 10.1.